The van der Waals surface area contributed by atoms with Crippen LogP contribution in [0, 0.1) is 11.8 Å². The minimum atomic E-state index is -0.241. The van der Waals surface area contributed by atoms with Gasteiger partial charge in [-0.1, -0.05) is 20.4 Å². The third kappa shape index (κ3) is 3.22. The van der Waals surface area contributed by atoms with Gasteiger partial charge in [-0.3, -0.25) is 0 Å². The lowest BCUT2D eigenvalue weighted by Crippen LogP contribution is -2.16. The molecule has 1 fully saturated rings. The van der Waals surface area contributed by atoms with E-state index in [1.165, 1.54) is 6.42 Å². The topological polar surface area (TPSA) is 26.3 Å². The molecule has 2 heteroatoms. The van der Waals surface area contributed by atoms with E-state index >= 15 is 0 Å². The van der Waals surface area contributed by atoms with Gasteiger partial charge < -0.3 is 4.74 Å². The molecule has 1 aliphatic rings. The Bertz CT molecular complexity index is 289. The Morgan fingerprint density at radius 3 is 2.87 bits per heavy atom. The Labute approximate surface area is 92.0 Å². The Morgan fingerprint density at radius 2 is 2.27 bits per heavy atom. The Kier molecular flexibility index (Phi) is 4.13. The van der Waals surface area contributed by atoms with E-state index in [9.17, 15) is 4.79 Å². The second-order valence-corrected chi connectivity index (χ2v) is 4.39. The smallest absolute Gasteiger partial charge is 0.331 e. The summed E-state index contributed by atoms with van der Waals surface area (Å²) in [6.07, 6.45) is 3.72. The van der Waals surface area contributed by atoms with Crippen LogP contribution >= 0.6 is 0 Å². The van der Waals surface area contributed by atoms with E-state index in [1.54, 1.807) is 6.08 Å². The summed E-state index contributed by atoms with van der Waals surface area (Å²) in [6.45, 7) is 10.7. The highest BCUT2D eigenvalue weighted by atomic mass is 16.5. The minimum absolute atomic E-state index is 0.241. The van der Waals surface area contributed by atoms with E-state index in [0.717, 1.165) is 17.6 Å². The van der Waals surface area contributed by atoms with Gasteiger partial charge in [0.1, 0.15) is 0 Å². The predicted octanol–water partition coefficient (Wildman–Crippen LogP) is 3.10. The van der Waals surface area contributed by atoms with Gasteiger partial charge in [-0.15, -0.1) is 0 Å². The van der Waals surface area contributed by atoms with Gasteiger partial charge in [0.15, 0.2) is 0 Å². The van der Waals surface area contributed by atoms with Crippen LogP contribution in [0.25, 0.3) is 0 Å². The summed E-state index contributed by atoms with van der Waals surface area (Å²) in [5.74, 6) is 0.871. The molecule has 1 rings (SSSR count). The standard InChI is InChI=1S/C13H20O2/c1-5-15-13(14)8-12-7-9(2)6-10(3)11(12)4/h8-10H,4-7H2,1-3H3/b12-8+/t9-,10-/m0/s1. The van der Waals surface area contributed by atoms with Crippen LogP contribution in [-0.4, -0.2) is 12.6 Å². The van der Waals surface area contributed by atoms with Gasteiger partial charge in [-0.2, -0.15) is 0 Å². The van der Waals surface area contributed by atoms with Gasteiger partial charge in [-0.05, 0) is 42.7 Å². The third-order valence-electron chi connectivity index (χ3n) is 2.91. The molecule has 0 amide bonds. The van der Waals surface area contributed by atoms with E-state index in [2.05, 4.69) is 20.4 Å². The highest BCUT2D eigenvalue weighted by molar-refractivity contribution is 5.83. The lowest BCUT2D eigenvalue weighted by atomic mass is 9.77. The molecule has 0 spiro atoms. The van der Waals surface area contributed by atoms with Crippen molar-refractivity contribution in [1.82, 2.24) is 0 Å². The number of allylic oxidation sites excluding steroid dienone is 2. The zero-order chi connectivity index (χ0) is 11.4. The summed E-state index contributed by atoms with van der Waals surface area (Å²) >= 11 is 0. The molecule has 0 aliphatic heterocycles. The van der Waals surface area contributed by atoms with Crippen molar-refractivity contribution in [3.63, 3.8) is 0 Å². The maximum Gasteiger partial charge on any atom is 0.331 e. The number of esters is 1. The van der Waals surface area contributed by atoms with Crippen molar-refractivity contribution in [2.45, 2.75) is 33.6 Å². The molecule has 0 aromatic heterocycles. The first-order valence-corrected chi connectivity index (χ1v) is 5.61. The first kappa shape index (κ1) is 12.0. The number of hydrogen-bond acceptors (Lipinski definition) is 2. The minimum Gasteiger partial charge on any atom is -0.463 e. The Morgan fingerprint density at radius 1 is 1.60 bits per heavy atom. The number of rotatable bonds is 2. The Balaban J connectivity index is 2.74. The van der Waals surface area contributed by atoms with Gasteiger partial charge in [0.25, 0.3) is 0 Å². The summed E-state index contributed by atoms with van der Waals surface area (Å²) in [6, 6.07) is 0. The molecule has 0 aromatic rings. The van der Waals surface area contributed by atoms with Gasteiger partial charge in [0, 0.05) is 6.08 Å². The third-order valence-corrected chi connectivity index (χ3v) is 2.91. The second kappa shape index (κ2) is 5.15. The second-order valence-electron chi connectivity index (χ2n) is 4.39. The van der Waals surface area contributed by atoms with Crippen molar-refractivity contribution in [1.29, 1.82) is 0 Å². The van der Waals surface area contributed by atoms with Gasteiger partial charge >= 0.3 is 5.97 Å². The zero-order valence-electron chi connectivity index (χ0n) is 9.88. The van der Waals surface area contributed by atoms with E-state index in [4.69, 9.17) is 4.74 Å². The molecule has 0 unspecified atom stereocenters. The summed E-state index contributed by atoms with van der Waals surface area (Å²) in [4.78, 5) is 11.3. The van der Waals surface area contributed by atoms with Crippen LogP contribution in [0.2, 0.25) is 0 Å². The van der Waals surface area contributed by atoms with E-state index in [1.807, 2.05) is 6.92 Å². The zero-order valence-corrected chi connectivity index (χ0v) is 9.88. The molecule has 0 heterocycles. The van der Waals surface area contributed by atoms with Crippen molar-refractivity contribution in [3.05, 3.63) is 23.8 Å². The first-order valence-electron chi connectivity index (χ1n) is 5.61. The molecule has 0 bridgehead atoms. The molecular formula is C13H20O2. The molecule has 1 aliphatic carbocycles. The fraction of sp³-hybridized carbons (Fsp3) is 0.615. The highest BCUT2D eigenvalue weighted by Gasteiger charge is 2.23. The number of hydrogen-bond donors (Lipinski definition) is 0. The Hall–Kier alpha value is -1.05. The quantitative estimate of drug-likeness (QED) is 0.515. The van der Waals surface area contributed by atoms with Crippen molar-refractivity contribution < 1.29 is 9.53 Å². The molecule has 2 atom stereocenters. The summed E-state index contributed by atoms with van der Waals surface area (Å²) in [5, 5.41) is 0. The van der Waals surface area contributed by atoms with Crippen molar-refractivity contribution in [2.24, 2.45) is 11.8 Å². The highest BCUT2D eigenvalue weighted by Crippen LogP contribution is 2.35. The van der Waals surface area contributed by atoms with Gasteiger partial charge in [0.05, 0.1) is 6.61 Å². The van der Waals surface area contributed by atoms with Crippen LogP contribution in [0.5, 0.6) is 0 Å². The summed E-state index contributed by atoms with van der Waals surface area (Å²) in [7, 11) is 0. The molecule has 84 valence electrons. The lowest BCUT2D eigenvalue weighted by Gasteiger charge is -2.28. The lowest BCUT2D eigenvalue weighted by molar-refractivity contribution is -0.137. The van der Waals surface area contributed by atoms with Crippen molar-refractivity contribution in [3.8, 4) is 0 Å². The SMILES string of the molecule is C=C1/C(=C/C(=O)OCC)C[C@@H](C)C[C@@H]1C. The normalized spacial score (nSPS) is 29.3. The molecule has 0 radical (unpaired) electrons. The molecule has 15 heavy (non-hydrogen) atoms. The maximum atomic E-state index is 11.3. The van der Waals surface area contributed by atoms with Crippen LogP contribution in [0.3, 0.4) is 0 Å². The number of ether oxygens (including phenoxy) is 1. The van der Waals surface area contributed by atoms with Crippen LogP contribution in [0.1, 0.15) is 33.6 Å². The van der Waals surface area contributed by atoms with E-state index in [0.29, 0.717) is 18.4 Å². The van der Waals surface area contributed by atoms with Gasteiger partial charge in [-0.25, -0.2) is 4.79 Å². The average Bonchev–Trinajstić information content (AvgIpc) is 2.13. The fourth-order valence-electron chi connectivity index (χ4n) is 2.13. The summed E-state index contributed by atoms with van der Waals surface area (Å²) in [5.41, 5.74) is 2.17. The summed E-state index contributed by atoms with van der Waals surface area (Å²) < 4.78 is 4.91. The average molecular weight is 208 g/mol. The molecular weight excluding hydrogens is 188 g/mol. The van der Waals surface area contributed by atoms with Crippen LogP contribution < -0.4 is 0 Å². The molecule has 0 N–H and O–H groups in total. The molecule has 0 saturated heterocycles. The fourth-order valence-corrected chi connectivity index (χ4v) is 2.13. The number of carbonyl (C=O) groups is 1. The van der Waals surface area contributed by atoms with Crippen LogP contribution in [-0.2, 0) is 9.53 Å². The van der Waals surface area contributed by atoms with Gasteiger partial charge in [0.2, 0.25) is 0 Å². The first-order chi connectivity index (χ1) is 7.04. The van der Waals surface area contributed by atoms with E-state index < -0.39 is 0 Å². The van der Waals surface area contributed by atoms with Crippen LogP contribution in [0.15, 0.2) is 23.8 Å². The van der Waals surface area contributed by atoms with E-state index in [-0.39, 0.29) is 5.97 Å². The van der Waals surface area contributed by atoms with Crippen molar-refractivity contribution >= 4 is 5.97 Å². The number of carbonyl (C=O) groups excluding carboxylic acids is 1. The largest absolute Gasteiger partial charge is 0.463 e. The molecule has 2 nitrogen and oxygen atoms in total. The molecule has 1 saturated carbocycles. The molecule has 0 aromatic carbocycles. The van der Waals surface area contributed by atoms with Crippen LogP contribution in [0.4, 0.5) is 0 Å². The predicted molar refractivity (Wildman–Crippen MR) is 61.4 cm³/mol. The van der Waals surface area contributed by atoms with Crippen molar-refractivity contribution in [2.75, 3.05) is 6.61 Å². The maximum absolute atomic E-state index is 11.3. The monoisotopic (exact) mass is 208 g/mol.